The van der Waals surface area contributed by atoms with Gasteiger partial charge in [-0.3, -0.25) is 4.79 Å². The molecule has 0 saturated carbocycles. The number of carbonyl (C=O) groups is 1. The average Bonchev–Trinajstić information content (AvgIpc) is 2.47. The molecule has 0 amide bonds. The monoisotopic (exact) mass is 351 g/mol. The topological polar surface area (TPSA) is 127 Å². The third-order valence-electron chi connectivity index (χ3n) is 3.44. The Bertz CT molecular complexity index is 775. The number of ketones is 1. The number of aliphatic hydroxyl groups excluding tert-OH is 1. The number of nitrogens with zero attached hydrogens (tertiary/aromatic N) is 1. The minimum Gasteiger partial charge on any atom is -0.508 e. The van der Waals surface area contributed by atoms with Gasteiger partial charge in [-0.25, -0.2) is 4.57 Å². The number of aliphatic hydroxyl groups is 1. The molecule has 2 rings (SSSR count). The summed E-state index contributed by atoms with van der Waals surface area (Å²) in [6.07, 6.45) is 3.69. The van der Waals surface area contributed by atoms with Crippen LogP contribution in [0.15, 0.2) is 52.5 Å². The molecule has 1 aliphatic carbocycles. The third-order valence-corrected chi connectivity index (χ3v) is 3.94. The summed E-state index contributed by atoms with van der Waals surface area (Å²) in [4.78, 5) is 30.2. The standard InChI is InChI=1S/C16H18NO6P/c18-12-5-1-3-11(9-12)4-2-6-16(20)14-10-13(19)7-8-15(14)17-24(21,22)23/h1,3,5,7,9-10,18-19H,2,4,6,8H2,(H2,21,22,23). The van der Waals surface area contributed by atoms with Gasteiger partial charge in [-0.15, -0.1) is 0 Å². The lowest BCUT2D eigenvalue weighted by atomic mass is 9.94. The molecule has 0 atom stereocenters. The van der Waals surface area contributed by atoms with Gasteiger partial charge in [-0.05, 0) is 42.7 Å². The molecular weight excluding hydrogens is 333 g/mol. The van der Waals surface area contributed by atoms with Crippen LogP contribution in [0.5, 0.6) is 5.75 Å². The number of hydrogen-bond acceptors (Lipinski definition) is 4. The van der Waals surface area contributed by atoms with Crippen molar-refractivity contribution in [2.45, 2.75) is 25.7 Å². The number of aryl methyl sites for hydroxylation is 1. The molecule has 0 bridgehead atoms. The Hall–Kier alpha value is -2.21. The molecule has 128 valence electrons. The lowest BCUT2D eigenvalue weighted by molar-refractivity contribution is -0.115. The Morgan fingerprint density at radius 1 is 1.25 bits per heavy atom. The molecule has 24 heavy (non-hydrogen) atoms. The van der Waals surface area contributed by atoms with Crippen LogP contribution in [-0.4, -0.2) is 31.5 Å². The van der Waals surface area contributed by atoms with Gasteiger partial charge >= 0.3 is 7.75 Å². The summed E-state index contributed by atoms with van der Waals surface area (Å²) in [6.45, 7) is 0. The zero-order valence-electron chi connectivity index (χ0n) is 12.8. The molecule has 0 saturated heterocycles. The van der Waals surface area contributed by atoms with Gasteiger partial charge in [0.25, 0.3) is 0 Å². The third kappa shape index (κ3) is 5.45. The van der Waals surface area contributed by atoms with E-state index >= 15 is 0 Å². The Kier molecular flexibility index (Phi) is 5.72. The summed E-state index contributed by atoms with van der Waals surface area (Å²) >= 11 is 0. The largest absolute Gasteiger partial charge is 0.508 e. The molecule has 7 nitrogen and oxygen atoms in total. The number of Topliss-reactive ketones (excluding diaryl/α,β-unsaturated/α-hetero) is 1. The van der Waals surface area contributed by atoms with Crippen LogP contribution in [0.4, 0.5) is 0 Å². The van der Waals surface area contributed by atoms with Crippen LogP contribution in [0.25, 0.3) is 0 Å². The number of benzene rings is 1. The first-order valence-electron chi connectivity index (χ1n) is 7.31. The molecule has 0 spiro atoms. The molecule has 1 aromatic carbocycles. The van der Waals surface area contributed by atoms with Crippen molar-refractivity contribution >= 4 is 19.2 Å². The van der Waals surface area contributed by atoms with Crippen LogP contribution in [0.1, 0.15) is 24.8 Å². The highest BCUT2D eigenvalue weighted by Crippen LogP contribution is 2.38. The van der Waals surface area contributed by atoms with Crippen LogP contribution in [0.3, 0.4) is 0 Å². The minimum absolute atomic E-state index is 0.0128. The fourth-order valence-electron chi connectivity index (χ4n) is 2.39. The molecule has 0 aliphatic heterocycles. The molecule has 0 aromatic heterocycles. The van der Waals surface area contributed by atoms with Gasteiger partial charge in [0, 0.05) is 18.4 Å². The quantitative estimate of drug-likeness (QED) is 0.583. The van der Waals surface area contributed by atoms with E-state index in [-0.39, 0.29) is 41.4 Å². The fourth-order valence-corrected chi connectivity index (χ4v) is 2.90. The van der Waals surface area contributed by atoms with Gasteiger partial charge in [0.15, 0.2) is 5.78 Å². The van der Waals surface area contributed by atoms with Crippen molar-refractivity contribution < 1.29 is 29.4 Å². The smallest absolute Gasteiger partial charge is 0.448 e. The second-order valence-electron chi connectivity index (χ2n) is 5.40. The van der Waals surface area contributed by atoms with Crippen LogP contribution in [0, 0.1) is 0 Å². The van der Waals surface area contributed by atoms with Gasteiger partial charge in [0.2, 0.25) is 0 Å². The average molecular weight is 351 g/mol. The highest BCUT2D eigenvalue weighted by atomic mass is 31.2. The number of phenols is 1. The Morgan fingerprint density at radius 2 is 2.00 bits per heavy atom. The van der Waals surface area contributed by atoms with E-state index in [4.69, 9.17) is 9.79 Å². The van der Waals surface area contributed by atoms with E-state index in [0.717, 1.165) is 5.56 Å². The van der Waals surface area contributed by atoms with E-state index in [1.807, 2.05) is 6.07 Å². The van der Waals surface area contributed by atoms with Crippen molar-refractivity contribution in [3.63, 3.8) is 0 Å². The van der Waals surface area contributed by atoms with Crippen LogP contribution in [-0.2, 0) is 15.8 Å². The number of phenolic OH excluding ortho intramolecular Hbond substituents is 1. The molecule has 0 heterocycles. The summed E-state index contributed by atoms with van der Waals surface area (Å²) in [6, 6.07) is 6.71. The number of allylic oxidation sites excluding steroid dienone is 3. The number of rotatable bonds is 6. The first-order valence-corrected chi connectivity index (χ1v) is 8.88. The SMILES string of the molecule is O=C(CCCc1cccc(O)c1)C1=CC(O)=CCC1=NP(=O)(O)O. The Labute approximate surface area is 138 Å². The normalized spacial score (nSPS) is 16.7. The van der Waals surface area contributed by atoms with Crippen LogP contribution < -0.4 is 0 Å². The maximum Gasteiger partial charge on any atom is 0.448 e. The predicted octanol–water partition coefficient (Wildman–Crippen LogP) is 2.59. The lowest BCUT2D eigenvalue weighted by Crippen LogP contribution is -2.16. The Balaban J connectivity index is 2.04. The van der Waals surface area contributed by atoms with E-state index < -0.39 is 7.75 Å². The van der Waals surface area contributed by atoms with E-state index in [1.165, 1.54) is 12.2 Å². The Morgan fingerprint density at radius 3 is 2.67 bits per heavy atom. The molecule has 0 unspecified atom stereocenters. The molecule has 4 N–H and O–H groups in total. The van der Waals surface area contributed by atoms with Crippen molar-refractivity contribution in [2.75, 3.05) is 0 Å². The molecular formula is C16H18NO6P. The van der Waals surface area contributed by atoms with E-state index in [2.05, 4.69) is 4.76 Å². The fraction of sp³-hybridized carbons (Fsp3) is 0.250. The zero-order valence-corrected chi connectivity index (χ0v) is 13.7. The second-order valence-corrected chi connectivity index (χ2v) is 6.62. The van der Waals surface area contributed by atoms with Gasteiger partial charge in [0.05, 0.1) is 5.71 Å². The van der Waals surface area contributed by atoms with Gasteiger partial charge < -0.3 is 20.0 Å². The van der Waals surface area contributed by atoms with Gasteiger partial charge in [0.1, 0.15) is 11.5 Å². The van der Waals surface area contributed by atoms with Crippen molar-refractivity contribution in [1.82, 2.24) is 0 Å². The minimum atomic E-state index is -4.65. The van der Waals surface area contributed by atoms with Crippen LogP contribution >= 0.6 is 7.75 Å². The first kappa shape index (κ1) is 18.1. The number of aromatic hydroxyl groups is 1. The van der Waals surface area contributed by atoms with Crippen LogP contribution in [0.2, 0.25) is 0 Å². The van der Waals surface area contributed by atoms with E-state index in [0.29, 0.717) is 12.8 Å². The molecule has 0 fully saturated rings. The summed E-state index contributed by atoms with van der Waals surface area (Å²) in [5, 5.41) is 18.9. The van der Waals surface area contributed by atoms with E-state index in [9.17, 15) is 19.6 Å². The zero-order chi connectivity index (χ0) is 17.7. The van der Waals surface area contributed by atoms with Crippen molar-refractivity contribution in [3.05, 3.63) is 53.3 Å². The van der Waals surface area contributed by atoms with Crippen molar-refractivity contribution in [1.29, 1.82) is 0 Å². The lowest BCUT2D eigenvalue weighted by Gasteiger charge is -2.13. The molecule has 8 heteroatoms. The summed E-state index contributed by atoms with van der Waals surface area (Å²) in [7, 11) is -4.65. The molecule has 0 radical (unpaired) electrons. The maximum absolute atomic E-state index is 12.3. The summed E-state index contributed by atoms with van der Waals surface area (Å²) in [5.41, 5.74) is 0.880. The number of carbonyl (C=O) groups excluding carboxylic acids is 1. The first-order chi connectivity index (χ1) is 11.2. The highest BCUT2D eigenvalue weighted by molar-refractivity contribution is 7.50. The maximum atomic E-state index is 12.3. The predicted molar refractivity (Wildman–Crippen MR) is 88.9 cm³/mol. The van der Waals surface area contributed by atoms with Gasteiger partial charge in [-0.1, -0.05) is 12.1 Å². The molecule has 1 aromatic rings. The van der Waals surface area contributed by atoms with E-state index in [1.54, 1.807) is 18.2 Å². The molecule has 1 aliphatic rings. The highest BCUT2D eigenvalue weighted by Gasteiger charge is 2.22. The summed E-state index contributed by atoms with van der Waals surface area (Å²) in [5.74, 6) is -0.321. The van der Waals surface area contributed by atoms with Gasteiger partial charge in [-0.2, -0.15) is 4.76 Å². The second kappa shape index (κ2) is 7.57. The summed E-state index contributed by atoms with van der Waals surface area (Å²) < 4.78 is 14.3. The van der Waals surface area contributed by atoms with Crippen molar-refractivity contribution in [3.8, 4) is 5.75 Å². The number of hydrogen-bond donors (Lipinski definition) is 4. The van der Waals surface area contributed by atoms with Crippen molar-refractivity contribution in [2.24, 2.45) is 4.76 Å².